The molecule has 0 unspecified atom stereocenters. The zero-order valence-electron chi connectivity index (χ0n) is 11.8. The minimum atomic E-state index is -0.432. The molecule has 0 aliphatic rings. The Morgan fingerprint density at radius 2 is 2.15 bits per heavy atom. The molecule has 2 heterocycles. The lowest BCUT2D eigenvalue weighted by Gasteiger charge is -2.30. The molecule has 0 saturated carbocycles. The Bertz CT molecular complexity index is 613. The van der Waals surface area contributed by atoms with Crippen molar-refractivity contribution in [3.63, 3.8) is 0 Å². The van der Waals surface area contributed by atoms with Crippen LogP contribution in [0.2, 0.25) is 0 Å². The van der Waals surface area contributed by atoms with Gasteiger partial charge in [-0.2, -0.15) is 5.10 Å². The van der Waals surface area contributed by atoms with E-state index in [0.717, 1.165) is 16.9 Å². The summed E-state index contributed by atoms with van der Waals surface area (Å²) in [6.45, 7) is 6.29. The maximum Gasteiger partial charge on any atom is 0.345 e. The number of anilines is 1. The second-order valence-electron chi connectivity index (χ2n) is 5.65. The van der Waals surface area contributed by atoms with Crippen molar-refractivity contribution in [2.45, 2.75) is 26.8 Å². The van der Waals surface area contributed by atoms with E-state index in [-0.39, 0.29) is 16.5 Å². The molecular weight excluding hydrogens is 278 g/mol. The highest BCUT2D eigenvalue weighted by Crippen LogP contribution is 2.37. The summed E-state index contributed by atoms with van der Waals surface area (Å²) < 4.78 is 1.74. The zero-order valence-corrected chi connectivity index (χ0v) is 12.6. The van der Waals surface area contributed by atoms with Gasteiger partial charge in [-0.15, -0.1) is 0 Å². The average molecular weight is 295 g/mol. The standard InChI is InChI=1S/C12H17N5O2S/c1-12(2,3)10(8-5-14-16(4)7-8)15-11-13-6-9(20-11)17(18)19/h5-7,10H,1-4H3,(H,13,15)/t10-/m0/s1. The minimum absolute atomic E-state index is 0.0260. The van der Waals surface area contributed by atoms with Crippen LogP contribution in [0.4, 0.5) is 10.1 Å². The van der Waals surface area contributed by atoms with Crippen LogP contribution in [0.25, 0.3) is 0 Å². The van der Waals surface area contributed by atoms with Crippen LogP contribution in [-0.4, -0.2) is 19.7 Å². The second-order valence-corrected chi connectivity index (χ2v) is 6.66. The summed E-state index contributed by atoms with van der Waals surface area (Å²) in [5, 5.41) is 18.7. The number of aryl methyl sites for hydroxylation is 1. The molecule has 1 atom stereocenters. The van der Waals surface area contributed by atoms with Gasteiger partial charge in [-0.3, -0.25) is 14.8 Å². The number of rotatable bonds is 4. The van der Waals surface area contributed by atoms with E-state index in [1.165, 1.54) is 6.20 Å². The normalized spacial score (nSPS) is 13.2. The van der Waals surface area contributed by atoms with E-state index in [9.17, 15) is 10.1 Å². The molecule has 0 fully saturated rings. The molecule has 0 aliphatic carbocycles. The largest absolute Gasteiger partial charge is 0.354 e. The van der Waals surface area contributed by atoms with Crippen molar-refractivity contribution in [1.29, 1.82) is 0 Å². The van der Waals surface area contributed by atoms with Crippen LogP contribution in [0.1, 0.15) is 32.4 Å². The molecule has 0 radical (unpaired) electrons. The van der Waals surface area contributed by atoms with E-state index in [4.69, 9.17) is 0 Å². The fourth-order valence-corrected chi connectivity index (χ4v) is 2.59. The second kappa shape index (κ2) is 5.20. The fraction of sp³-hybridized carbons (Fsp3) is 0.500. The van der Waals surface area contributed by atoms with Crippen LogP contribution >= 0.6 is 11.3 Å². The number of aromatic nitrogens is 3. The lowest BCUT2D eigenvalue weighted by Crippen LogP contribution is -2.25. The van der Waals surface area contributed by atoms with Crippen LogP contribution < -0.4 is 5.32 Å². The van der Waals surface area contributed by atoms with E-state index in [1.807, 2.05) is 13.2 Å². The molecule has 2 rings (SSSR count). The molecule has 0 aromatic carbocycles. The molecule has 0 bridgehead atoms. The van der Waals surface area contributed by atoms with Gasteiger partial charge in [0.1, 0.15) is 6.20 Å². The van der Waals surface area contributed by atoms with Gasteiger partial charge in [0, 0.05) is 18.8 Å². The van der Waals surface area contributed by atoms with Crippen LogP contribution in [0.5, 0.6) is 0 Å². The van der Waals surface area contributed by atoms with Gasteiger partial charge in [-0.1, -0.05) is 20.8 Å². The third-order valence-corrected chi connectivity index (χ3v) is 3.75. The van der Waals surface area contributed by atoms with Crippen molar-refractivity contribution in [3.8, 4) is 0 Å². The van der Waals surface area contributed by atoms with Crippen molar-refractivity contribution < 1.29 is 4.92 Å². The smallest absolute Gasteiger partial charge is 0.345 e. The number of thiazole rings is 1. The van der Waals surface area contributed by atoms with Gasteiger partial charge in [0.05, 0.1) is 17.2 Å². The van der Waals surface area contributed by atoms with Crippen LogP contribution in [0.15, 0.2) is 18.6 Å². The molecule has 108 valence electrons. The molecule has 8 heteroatoms. The monoisotopic (exact) mass is 295 g/mol. The Balaban J connectivity index is 2.26. The van der Waals surface area contributed by atoms with Crippen molar-refractivity contribution in [3.05, 3.63) is 34.3 Å². The van der Waals surface area contributed by atoms with Gasteiger partial charge in [-0.05, 0) is 16.8 Å². The number of nitrogens with one attached hydrogen (secondary N) is 1. The SMILES string of the molecule is Cn1cc([C@H](Nc2ncc([N+](=O)[O-])s2)C(C)(C)C)cn1. The summed E-state index contributed by atoms with van der Waals surface area (Å²) in [5.41, 5.74) is 0.946. The molecule has 7 nitrogen and oxygen atoms in total. The minimum Gasteiger partial charge on any atom is -0.354 e. The lowest BCUT2D eigenvalue weighted by molar-refractivity contribution is -0.380. The molecule has 1 N–H and O–H groups in total. The number of nitrogens with zero attached hydrogens (tertiary/aromatic N) is 4. The van der Waals surface area contributed by atoms with Gasteiger partial charge >= 0.3 is 5.00 Å². The predicted octanol–water partition coefficient (Wildman–Crippen LogP) is 2.98. The zero-order chi connectivity index (χ0) is 14.9. The quantitative estimate of drug-likeness (QED) is 0.692. The predicted molar refractivity (Wildman–Crippen MR) is 77.8 cm³/mol. The highest BCUT2D eigenvalue weighted by atomic mass is 32.1. The van der Waals surface area contributed by atoms with Crippen molar-refractivity contribution in [2.75, 3.05) is 5.32 Å². The van der Waals surface area contributed by atoms with E-state index < -0.39 is 4.92 Å². The molecule has 20 heavy (non-hydrogen) atoms. The first-order valence-electron chi connectivity index (χ1n) is 6.12. The lowest BCUT2D eigenvalue weighted by atomic mass is 9.83. The average Bonchev–Trinajstić information content (AvgIpc) is 2.93. The highest BCUT2D eigenvalue weighted by molar-refractivity contribution is 7.18. The summed E-state index contributed by atoms with van der Waals surface area (Å²) in [7, 11) is 1.86. The van der Waals surface area contributed by atoms with Crippen molar-refractivity contribution in [2.24, 2.45) is 12.5 Å². The molecule has 0 spiro atoms. The van der Waals surface area contributed by atoms with Crippen LogP contribution in [-0.2, 0) is 7.05 Å². The van der Waals surface area contributed by atoms with Gasteiger partial charge in [0.15, 0.2) is 5.13 Å². The summed E-state index contributed by atoms with van der Waals surface area (Å²) in [6.07, 6.45) is 5.01. The molecule has 2 aromatic heterocycles. The Labute approximate surface area is 120 Å². The fourth-order valence-electron chi connectivity index (χ4n) is 1.93. The van der Waals surface area contributed by atoms with Crippen molar-refractivity contribution >= 4 is 21.5 Å². The van der Waals surface area contributed by atoms with E-state index in [0.29, 0.717) is 5.13 Å². The van der Waals surface area contributed by atoms with E-state index in [1.54, 1.807) is 10.9 Å². The molecule has 0 saturated heterocycles. The van der Waals surface area contributed by atoms with Crippen molar-refractivity contribution in [1.82, 2.24) is 14.8 Å². The summed E-state index contributed by atoms with van der Waals surface area (Å²) >= 11 is 1.04. The Kier molecular flexibility index (Phi) is 3.76. The number of nitro groups is 1. The first-order valence-corrected chi connectivity index (χ1v) is 6.94. The molecule has 2 aromatic rings. The van der Waals surface area contributed by atoms with Gasteiger partial charge in [0.2, 0.25) is 0 Å². The molecule has 0 aliphatic heterocycles. The van der Waals surface area contributed by atoms with Gasteiger partial charge in [0.25, 0.3) is 0 Å². The Hall–Kier alpha value is -1.96. The summed E-state index contributed by atoms with van der Waals surface area (Å²) in [4.78, 5) is 14.3. The third-order valence-electron chi connectivity index (χ3n) is 2.87. The molecule has 0 amide bonds. The summed E-state index contributed by atoms with van der Waals surface area (Å²) in [5.74, 6) is 0. The van der Waals surface area contributed by atoms with Crippen LogP contribution in [0, 0.1) is 15.5 Å². The highest BCUT2D eigenvalue weighted by Gasteiger charge is 2.28. The van der Waals surface area contributed by atoms with Crippen LogP contribution in [0.3, 0.4) is 0 Å². The first-order chi connectivity index (χ1) is 9.27. The summed E-state index contributed by atoms with van der Waals surface area (Å²) in [6, 6.07) is -0.0260. The number of hydrogen-bond donors (Lipinski definition) is 1. The third kappa shape index (κ3) is 3.13. The topological polar surface area (TPSA) is 85.9 Å². The van der Waals surface area contributed by atoms with Gasteiger partial charge in [-0.25, -0.2) is 4.98 Å². The Morgan fingerprint density at radius 1 is 1.45 bits per heavy atom. The first kappa shape index (κ1) is 14.4. The van der Waals surface area contributed by atoms with E-state index in [2.05, 4.69) is 36.2 Å². The Morgan fingerprint density at radius 3 is 2.60 bits per heavy atom. The maximum atomic E-state index is 10.7. The number of hydrogen-bond acceptors (Lipinski definition) is 6. The van der Waals surface area contributed by atoms with E-state index >= 15 is 0 Å². The van der Waals surface area contributed by atoms with Gasteiger partial charge < -0.3 is 5.32 Å². The molecular formula is C12H17N5O2S. The maximum absolute atomic E-state index is 10.7.